The topological polar surface area (TPSA) is 57.0 Å². The predicted molar refractivity (Wildman–Crippen MR) is 53.2 cm³/mol. The van der Waals surface area contributed by atoms with Crippen LogP contribution in [-0.4, -0.2) is 34.0 Å². The minimum atomic E-state index is -0.244. The summed E-state index contributed by atoms with van der Waals surface area (Å²) in [5.74, 6) is 0.541. The zero-order chi connectivity index (χ0) is 10.8. The molecule has 2 rings (SSSR count). The van der Waals surface area contributed by atoms with Crippen molar-refractivity contribution >= 4 is 5.78 Å². The zero-order valence-electron chi connectivity index (χ0n) is 9.01. The maximum atomic E-state index is 11.8. The molecule has 0 aliphatic heterocycles. The molecule has 0 spiro atoms. The highest BCUT2D eigenvalue weighted by atomic mass is 16.5. The van der Waals surface area contributed by atoms with E-state index in [9.17, 15) is 4.79 Å². The lowest BCUT2D eigenvalue weighted by Gasteiger charge is -2.11. The van der Waals surface area contributed by atoms with E-state index >= 15 is 0 Å². The summed E-state index contributed by atoms with van der Waals surface area (Å²) in [7, 11) is 3.38. The van der Waals surface area contributed by atoms with Crippen LogP contribution >= 0.6 is 0 Å². The van der Waals surface area contributed by atoms with Gasteiger partial charge in [0.25, 0.3) is 0 Å². The van der Waals surface area contributed by atoms with Gasteiger partial charge in [0.2, 0.25) is 0 Å². The zero-order valence-corrected chi connectivity index (χ0v) is 9.01. The van der Waals surface area contributed by atoms with E-state index in [0.29, 0.717) is 18.0 Å². The Kier molecular flexibility index (Phi) is 2.81. The molecule has 1 unspecified atom stereocenters. The fourth-order valence-corrected chi connectivity index (χ4v) is 1.74. The molecule has 1 saturated carbocycles. The maximum absolute atomic E-state index is 11.8. The third-order valence-electron chi connectivity index (χ3n) is 2.63. The number of rotatable bonds is 5. The number of carbonyl (C=O) groups excluding carboxylic acids is 1. The molecule has 1 aromatic heterocycles. The Morgan fingerprint density at radius 3 is 2.93 bits per heavy atom. The number of ether oxygens (including phenoxy) is 1. The Morgan fingerprint density at radius 1 is 1.73 bits per heavy atom. The lowest BCUT2D eigenvalue weighted by molar-refractivity contribution is -0.129. The van der Waals surface area contributed by atoms with Crippen molar-refractivity contribution in [2.45, 2.75) is 25.4 Å². The smallest absolute Gasteiger partial charge is 0.167 e. The molecule has 0 amide bonds. The summed E-state index contributed by atoms with van der Waals surface area (Å²) < 4.78 is 6.81. The van der Waals surface area contributed by atoms with Gasteiger partial charge in [-0.25, -0.2) is 0 Å². The minimum absolute atomic E-state index is 0.112. The molecular formula is C10H15N3O2. The highest BCUT2D eigenvalue weighted by molar-refractivity contribution is 5.85. The maximum Gasteiger partial charge on any atom is 0.167 e. The molecule has 5 nitrogen and oxygen atoms in total. The van der Waals surface area contributed by atoms with Crippen molar-refractivity contribution in [1.82, 2.24) is 15.0 Å². The van der Waals surface area contributed by atoms with Gasteiger partial charge in [0.15, 0.2) is 5.78 Å². The molecule has 82 valence electrons. The Morgan fingerprint density at radius 2 is 2.47 bits per heavy atom. The first-order valence-corrected chi connectivity index (χ1v) is 5.11. The van der Waals surface area contributed by atoms with Crippen molar-refractivity contribution in [3.63, 3.8) is 0 Å². The van der Waals surface area contributed by atoms with E-state index in [1.165, 1.54) is 0 Å². The number of ketones is 1. The van der Waals surface area contributed by atoms with Crippen LogP contribution in [0.4, 0.5) is 0 Å². The van der Waals surface area contributed by atoms with Crippen LogP contribution in [0.25, 0.3) is 0 Å². The number of carbonyl (C=O) groups is 1. The predicted octanol–water partition coefficient (Wildman–Crippen LogP) is 0.352. The number of aryl methyl sites for hydroxylation is 1. The van der Waals surface area contributed by atoms with Crippen molar-refractivity contribution in [1.29, 1.82) is 0 Å². The van der Waals surface area contributed by atoms with Crippen molar-refractivity contribution in [2.75, 3.05) is 7.11 Å². The first-order valence-electron chi connectivity index (χ1n) is 5.11. The van der Waals surface area contributed by atoms with E-state index in [4.69, 9.17) is 4.74 Å². The number of Topliss-reactive ketones (excluding diaryl/α,β-unsaturated/α-hetero) is 1. The van der Waals surface area contributed by atoms with E-state index in [1.807, 2.05) is 0 Å². The van der Waals surface area contributed by atoms with Crippen LogP contribution in [0, 0.1) is 5.92 Å². The molecule has 1 heterocycles. The number of nitrogens with zero attached hydrogens (tertiary/aromatic N) is 3. The summed E-state index contributed by atoms with van der Waals surface area (Å²) in [5.41, 5.74) is 0.713. The van der Waals surface area contributed by atoms with Crippen LogP contribution in [-0.2, 0) is 23.0 Å². The average molecular weight is 209 g/mol. The molecule has 1 aromatic rings. The van der Waals surface area contributed by atoms with Gasteiger partial charge < -0.3 is 4.74 Å². The number of hydrogen-bond acceptors (Lipinski definition) is 4. The van der Waals surface area contributed by atoms with Crippen LogP contribution in [0.5, 0.6) is 0 Å². The van der Waals surface area contributed by atoms with E-state index < -0.39 is 0 Å². The molecular weight excluding hydrogens is 194 g/mol. The summed E-state index contributed by atoms with van der Waals surface area (Å²) in [6, 6.07) is 0. The van der Waals surface area contributed by atoms with Gasteiger partial charge in [-0.15, -0.1) is 5.10 Å². The molecule has 1 atom stereocenters. The van der Waals surface area contributed by atoms with Crippen molar-refractivity contribution < 1.29 is 9.53 Å². The minimum Gasteiger partial charge on any atom is -0.373 e. The second-order valence-corrected chi connectivity index (χ2v) is 4.02. The number of aromatic nitrogens is 3. The van der Waals surface area contributed by atoms with Crippen molar-refractivity contribution in [3.05, 3.63) is 11.9 Å². The summed E-state index contributed by atoms with van der Waals surface area (Å²) >= 11 is 0. The van der Waals surface area contributed by atoms with Crippen LogP contribution in [0.15, 0.2) is 6.20 Å². The second-order valence-electron chi connectivity index (χ2n) is 4.02. The van der Waals surface area contributed by atoms with Gasteiger partial charge in [-0.05, 0) is 18.8 Å². The SMILES string of the molecule is COC(C(=O)Cc1cn(C)nn1)C1CC1. The van der Waals surface area contributed by atoms with Gasteiger partial charge in [0, 0.05) is 20.4 Å². The van der Waals surface area contributed by atoms with Crippen LogP contribution < -0.4 is 0 Å². The quantitative estimate of drug-likeness (QED) is 0.702. The fourth-order valence-electron chi connectivity index (χ4n) is 1.74. The normalized spacial score (nSPS) is 17.7. The van der Waals surface area contributed by atoms with Crippen LogP contribution in [0.2, 0.25) is 0 Å². The first kappa shape index (κ1) is 10.3. The van der Waals surface area contributed by atoms with Gasteiger partial charge in [0.1, 0.15) is 6.10 Å². The Bertz CT molecular complexity index is 357. The van der Waals surface area contributed by atoms with Gasteiger partial charge in [-0.2, -0.15) is 0 Å². The molecule has 0 aromatic carbocycles. The van der Waals surface area contributed by atoms with Gasteiger partial charge in [-0.3, -0.25) is 9.48 Å². The lowest BCUT2D eigenvalue weighted by atomic mass is 10.1. The summed E-state index contributed by atoms with van der Waals surface area (Å²) in [4.78, 5) is 11.8. The molecule has 5 heteroatoms. The van der Waals surface area contributed by atoms with E-state index in [2.05, 4.69) is 10.3 Å². The van der Waals surface area contributed by atoms with E-state index in [0.717, 1.165) is 12.8 Å². The van der Waals surface area contributed by atoms with Gasteiger partial charge >= 0.3 is 0 Å². The van der Waals surface area contributed by atoms with E-state index in [1.54, 1.807) is 25.0 Å². The van der Waals surface area contributed by atoms with E-state index in [-0.39, 0.29) is 11.9 Å². The first-order chi connectivity index (χ1) is 7.20. The highest BCUT2D eigenvalue weighted by Crippen LogP contribution is 2.34. The van der Waals surface area contributed by atoms with Gasteiger partial charge in [-0.1, -0.05) is 5.21 Å². The van der Waals surface area contributed by atoms with Crippen LogP contribution in [0.1, 0.15) is 18.5 Å². The monoisotopic (exact) mass is 209 g/mol. The molecule has 1 aliphatic carbocycles. The fraction of sp³-hybridized carbons (Fsp3) is 0.700. The average Bonchev–Trinajstić information content (AvgIpc) is 2.93. The number of methoxy groups -OCH3 is 1. The van der Waals surface area contributed by atoms with Gasteiger partial charge in [0.05, 0.1) is 12.1 Å². The second kappa shape index (κ2) is 4.10. The summed E-state index contributed by atoms with van der Waals surface area (Å²) in [6.45, 7) is 0. The number of hydrogen-bond donors (Lipinski definition) is 0. The molecule has 0 radical (unpaired) electrons. The standard InChI is InChI=1S/C10H15N3O2/c1-13-6-8(11-12-13)5-9(14)10(15-2)7-3-4-7/h6-7,10H,3-5H2,1-2H3. The molecule has 1 fully saturated rings. The molecule has 15 heavy (non-hydrogen) atoms. The third kappa shape index (κ3) is 2.41. The molecule has 0 saturated heterocycles. The molecule has 0 N–H and O–H groups in total. The Hall–Kier alpha value is -1.23. The molecule has 0 bridgehead atoms. The Labute approximate surface area is 88.4 Å². The highest BCUT2D eigenvalue weighted by Gasteiger charge is 2.36. The Balaban J connectivity index is 1.95. The summed E-state index contributed by atoms with van der Waals surface area (Å²) in [5, 5.41) is 7.68. The van der Waals surface area contributed by atoms with Crippen molar-refractivity contribution in [2.24, 2.45) is 13.0 Å². The third-order valence-corrected chi connectivity index (χ3v) is 2.63. The lowest BCUT2D eigenvalue weighted by Crippen LogP contribution is -2.26. The van der Waals surface area contributed by atoms with Crippen molar-refractivity contribution in [3.8, 4) is 0 Å². The largest absolute Gasteiger partial charge is 0.373 e. The van der Waals surface area contributed by atoms with Crippen LogP contribution in [0.3, 0.4) is 0 Å². The molecule has 1 aliphatic rings. The summed E-state index contributed by atoms with van der Waals surface area (Å²) in [6.07, 6.45) is 4.04.